The zero-order valence-electron chi connectivity index (χ0n) is 13.9. The van der Waals surface area contributed by atoms with Gasteiger partial charge >= 0.3 is 0 Å². The average Bonchev–Trinajstić information content (AvgIpc) is 2.60. The highest BCUT2D eigenvalue weighted by Gasteiger charge is 2.31. The first-order chi connectivity index (χ1) is 11.6. The van der Waals surface area contributed by atoms with Crippen molar-refractivity contribution in [2.45, 2.75) is 25.4 Å². The summed E-state index contributed by atoms with van der Waals surface area (Å²) in [7, 11) is 0. The highest BCUT2D eigenvalue weighted by molar-refractivity contribution is 7.80. The molecule has 0 fully saturated rings. The number of rotatable bonds is 5. The Balaban J connectivity index is 1.76. The number of fused-ring (bicyclic) bond motifs is 1. The average molecular weight is 337 g/mol. The van der Waals surface area contributed by atoms with Gasteiger partial charge in [0, 0.05) is 12.7 Å². The molecule has 2 aromatic rings. The minimum atomic E-state index is -0.336. The van der Waals surface area contributed by atoms with Crippen LogP contribution in [-0.2, 0) is 6.42 Å². The van der Waals surface area contributed by atoms with E-state index < -0.39 is 0 Å². The second-order valence-corrected chi connectivity index (χ2v) is 6.53. The van der Waals surface area contributed by atoms with E-state index in [1.807, 2.05) is 6.08 Å². The zero-order chi connectivity index (χ0) is 17.0. The first kappa shape index (κ1) is 16.5. The molecule has 0 radical (unpaired) electrons. The zero-order valence-corrected chi connectivity index (χ0v) is 14.7. The van der Waals surface area contributed by atoms with Crippen molar-refractivity contribution in [2.75, 3.05) is 6.54 Å². The lowest BCUT2D eigenvalue weighted by Crippen LogP contribution is -2.59. The molecule has 124 valence electrons. The van der Waals surface area contributed by atoms with Gasteiger partial charge in [-0.3, -0.25) is 0 Å². The van der Waals surface area contributed by atoms with Crippen LogP contribution in [0.5, 0.6) is 0 Å². The third-order valence-electron chi connectivity index (χ3n) is 4.60. The van der Waals surface area contributed by atoms with E-state index in [9.17, 15) is 0 Å². The Morgan fingerprint density at radius 1 is 1.17 bits per heavy atom. The number of nitrogens with zero attached hydrogens (tertiary/aromatic N) is 1. The van der Waals surface area contributed by atoms with E-state index in [0.717, 1.165) is 19.4 Å². The van der Waals surface area contributed by atoms with E-state index in [4.69, 9.17) is 18.0 Å². The maximum Gasteiger partial charge on any atom is 0.165 e. The molecule has 0 aromatic heterocycles. The molecule has 0 saturated heterocycles. The Bertz CT molecular complexity index is 796. The molecule has 1 aliphatic rings. The molecule has 0 bridgehead atoms. The lowest BCUT2D eigenvalue weighted by molar-refractivity contribution is 0.171. The van der Waals surface area contributed by atoms with Crippen molar-refractivity contribution in [2.24, 2.45) is 5.73 Å². The summed E-state index contributed by atoms with van der Waals surface area (Å²) in [5.41, 5.74) is 6.75. The summed E-state index contributed by atoms with van der Waals surface area (Å²) in [6, 6.07) is 15.1. The van der Waals surface area contributed by atoms with E-state index in [1.54, 1.807) is 0 Å². The highest BCUT2D eigenvalue weighted by atomic mass is 32.1. The number of benzene rings is 2. The largest absolute Gasteiger partial charge is 0.376 e. The van der Waals surface area contributed by atoms with Gasteiger partial charge in [0.1, 0.15) is 5.66 Å². The van der Waals surface area contributed by atoms with Crippen molar-refractivity contribution in [3.63, 3.8) is 0 Å². The number of nitrogens with two attached hydrogens (primary N) is 1. The van der Waals surface area contributed by atoms with Crippen molar-refractivity contribution in [3.05, 3.63) is 72.5 Å². The number of allylic oxidation sites excluding steroid dienone is 2. The maximum absolute atomic E-state index is 5.75. The van der Waals surface area contributed by atoms with Gasteiger partial charge in [-0.25, -0.2) is 0 Å². The summed E-state index contributed by atoms with van der Waals surface area (Å²) in [6.07, 6.45) is 10.2. The van der Waals surface area contributed by atoms with Gasteiger partial charge in [-0.05, 0) is 53.5 Å². The number of hydrogen-bond donors (Lipinski definition) is 2. The standard InChI is InChI=1S/C20H23N3S/c1-2-20(22-19(21)24)12-5-6-13-23(20)14-11-16-9-10-17-7-3-4-8-18(17)15-16/h3-10,12-13,15H,2,11,14H2,1H3,(H3,21,22,24). The Hall–Kier alpha value is -2.33. The second kappa shape index (κ2) is 7.05. The molecule has 1 aliphatic heterocycles. The summed E-state index contributed by atoms with van der Waals surface area (Å²) >= 11 is 5.08. The minimum absolute atomic E-state index is 0.326. The molecule has 3 rings (SSSR count). The van der Waals surface area contributed by atoms with Crippen LogP contribution in [0.15, 0.2) is 66.9 Å². The van der Waals surface area contributed by atoms with E-state index in [1.165, 1.54) is 16.3 Å². The fraction of sp³-hybridized carbons (Fsp3) is 0.250. The topological polar surface area (TPSA) is 41.3 Å². The van der Waals surface area contributed by atoms with Crippen molar-refractivity contribution in [1.29, 1.82) is 0 Å². The second-order valence-electron chi connectivity index (χ2n) is 6.09. The van der Waals surface area contributed by atoms with Crippen LogP contribution in [0, 0.1) is 0 Å². The molecule has 24 heavy (non-hydrogen) atoms. The normalized spacial score (nSPS) is 19.6. The van der Waals surface area contributed by atoms with Gasteiger partial charge in [-0.2, -0.15) is 0 Å². The van der Waals surface area contributed by atoms with Gasteiger partial charge in [0.05, 0.1) is 0 Å². The minimum Gasteiger partial charge on any atom is -0.376 e. The van der Waals surface area contributed by atoms with E-state index in [2.05, 4.69) is 78.0 Å². The molecule has 1 heterocycles. The number of hydrogen-bond acceptors (Lipinski definition) is 2. The smallest absolute Gasteiger partial charge is 0.165 e. The molecule has 3 N–H and O–H groups in total. The molecule has 1 unspecified atom stereocenters. The molecule has 4 heteroatoms. The summed E-state index contributed by atoms with van der Waals surface area (Å²) in [4.78, 5) is 2.28. The third-order valence-corrected chi connectivity index (χ3v) is 4.70. The first-order valence-electron chi connectivity index (χ1n) is 8.31. The lowest BCUT2D eigenvalue weighted by Gasteiger charge is -2.43. The summed E-state index contributed by atoms with van der Waals surface area (Å²) in [5, 5.41) is 6.15. The Kier molecular flexibility index (Phi) is 4.86. The van der Waals surface area contributed by atoms with Gasteiger partial charge in [0.25, 0.3) is 0 Å². The molecular formula is C20H23N3S. The van der Waals surface area contributed by atoms with Gasteiger partial charge in [-0.1, -0.05) is 55.5 Å². The molecule has 0 amide bonds. The first-order valence-corrected chi connectivity index (χ1v) is 8.72. The van der Waals surface area contributed by atoms with Crippen molar-refractivity contribution in [3.8, 4) is 0 Å². The van der Waals surface area contributed by atoms with Crippen molar-refractivity contribution in [1.82, 2.24) is 10.2 Å². The fourth-order valence-electron chi connectivity index (χ4n) is 3.25. The van der Waals surface area contributed by atoms with Crippen molar-refractivity contribution < 1.29 is 0 Å². The third kappa shape index (κ3) is 3.44. The van der Waals surface area contributed by atoms with Crippen LogP contribution in [-0.4, -0.2) is 22.2 Å². The van der Waals surface area contributed by atoms with Gasteiger partial charge in [0.15, 0.2) is 5.11 Å². The van der Waals surface area contributed by atoms with Crippen LogP contribution >= 0.6 is 12.2 Å². The van der Waals surface area contributed by atoms with Crippen molar-refractivity contribution >= 4 is 28.1 Å². The summed E-state index contributed by atoms with van der Waals surface area (Å²) < 4.78 is 0. The van der Waals surface area contributed by atoms with Gasteiger partial charge in [-0.15, -0.1) is 0 Å². The Morgan fingerprint density at radius 2 is 1.96 bits per heavy atom. The lowest BCUT2D eigenvalue weighted by atomic mass is 10.00. The van der Waals surface area contributed by atoms with E-state index in [-0.39, 0.29) is 5.66 Å². The fourth-order valence-corrected chi connectivity index (χ4v) is 3.43. The number of thiocarbonyl (C=S) groups is 1. The molecule has 3 nitrogen and oxygen atoms in total. The molecular weight excluding hydrogens is 314 g/mol. The molecule has 2 aromatic carbocycles. The van der Waals surface area contributed by atoms with E-state index in [0.29, 0.717) is 5.11 Å². The maximum atomic E-state index is 5.75. The van der Waals surface area contributed by atoms with Crippen LogP contribution in [0.4, 0.5) is 0 Å². The monoisotopic (exact) mass is 337 g/mol. The van der Waals surface area contributed by atoms with Gasteiger partial charge < -0.3 is 16.0 Å². The highest BCUT2D eigenvalue weighted by Crippen LogP contribution is 2.24. The molecule has 0 aliphatic carbocycles. The SMILES string of the molecule is CCC1(NC(N)=S)C=CC=CN1CCc1ccc2ccccc2c1. The van der Waals surface area contributed by atoms with Crippen LogP contribution in [0.1, 0.15) is 18.9 Å². The summed E-state index contributed by atoms with van der Waals surface area (Å²) in [5.74, 6) is 0. The molecule has 0 saturated carbocycles. The van der Waals surface area contributed by atoms with Crippen LogP contribution in [0.3, 0.4) is 0 Å². The van der Waals surface area contributed by atoms with Gasteiger partial charge in [0.2, 0.25) is 0 Å². The predicted molar refractivity (Wildman–Crippen MR) is 106 cm³/mol. The van der Waals surface area contributed by atoms with Crippen LogP contribution in [0.2, 0.25) is 0 Å². The van der Waals surface area contributed by atoms with Crippen LogP contribution in [0.25, 0.3) is 10.8 Å². The molecule has 1 atom stereocenters. The van der Waals surface area contributed by atoms with Crippen LogP contribution < -0.4 is 11.1 Å². The number of nitrogens with one attached hydrogen (secondary N) is 1. The Labute approximate surface area is 148 Å². The Morgan fingerprint density at radius 3 is 2.71 bits per heavy atom. The molecule has 0 spiro atoms. The predicted octanol–water partition coefficient (Wildman–Crippen LogP) is 3.71. The quantitative estimate of drug-likeness (QED) is 0.816. The van der Waals surface area contributed by atoms with E-state index >= 15 is 0 Å². The summed E-state index contributed by atoms with van der Waals surface area (Å²) in [6.45, 7) is 3.03.